The van der Waals surface area contributed by atoms with Crippen molar-refractivity contribution in [2.75, 3.05) is 19.7 Å². The SMILES string of the molecule is O=C(NCCCO)C1=CC=CC(N2CCC(O)(C(=O)NCc3cc(F)cc(Cl)c3)C2=O)C1. The van der Waals surface area contributed by atoms with Crippen LogP contribution >= 0.6 is 11.6 Å². The maximum Gasteiger partial charge on any atom is 0.264 e. The van der Waals surface area contributed by atoms with Gasteiger partial charge in [0.15, 0.2) is 0 Å². The number of hydrogen-bond acceptors (Lipinski definition) is 5. The highest BCUT2D eigenvalue weighted by Crippen LogP contribution is 2.29. The molecular weight excluding hydrogens is 441 g/mol. The molecule has 2 unspecified atom stereocenters. The summed E-state index contributed by atoms with van der Waals surface area (Å²) in [6.45, 7) is 0.344. The summed E-state index contributed by atoms with van der Waals surface area (Å²) in [6, 6.07) is 3.33. The second-order valence-electron chi connectivity index (χ2n) is 7.75. The number of amides is 3. The van der Waals surface area contributed by atoms with Gasteiger partial charge in [0.25, 0.3) is 11.8 Å². The van der Waals surface area contributed by atoms with Crippen LogP contribution in [-0.2, 0) is 20.9 Å². The molecule has 3 amide bonds. The molecule has 1 aromatic carbocycles. The van der Waals surface area contributed by atoms with E-state index in [0.29, 0.717) is 24.1 Å². The number of nitrogens with one attached hydrogen (secondary N) is 2. The maximum atomic E-state index is 13.5. The molecule has 0 bridgehead atoms. The van der Waals surface area contributed by atoms with Crippen LogP contribution in [0.15, 0.2) is 42.0 Å². The number of nitrogens with zero attached hydrogens (tertiary/aromatic N) is 1. The molecule has 2 aliphatic rings. The van der Waals surface area contributed by atoms with Crippen LogP contribution in [0.4, 0.5) is 4.39 Å². The van der Waals surface area contributed by atoms with Crippen molar-refractivity contribution >= 4 is 29.3 Å². The van der Waals surface area contributed by atoms with E-state index in [1.165, 1.54) is 17.0 Å². The third kappa shape index (κ3) is 5.35. The molecule has 32 heavy (non-hydrogen) atoms. The molecule has 1 aromatic rings. The topological polar surface area (TPSA) is 119 Å². The predicted molar refractivity (Wildman–Crippen MR) is 115 cm³/mol. The Bertz CT molecular complexity index is 947. The van der Waals surface area contributed by atoms with E-state index >= 15 is 0 Å². The third-order valence-corrected chi connectivity index (χ3v) is 5.67. The zero-order chi connectivity index (χ0) is 23.3. The van der Waals surface area contributed by atoms with Crippen molar-refractivity contribution in [2.45, 2.75) is 37.5 Å². The van der Waals surface area contributed by atoms with Gasteiger partial charge in [0.05, 0.1) is 6.04 Å². The minimum atomic E-state index is -2.24. The van der Waals surface area contributed by atoms with Gasteiger partial charge in [0.2, 0.25) is 11.5 Å². The van der Waals surface area contributed by atoms with E-state index < -0.39 is 29.3 Å². The Balaban J connectivity index is 1.60. The number of benzene rings is 1. The summed E-state index contributed by atoms with van der Waals surface area (Å²) in [4.78, 5) is 39.2. The smallest absolute Gasteiger partial charge is 0.264 e. The van der Waals surface area contributed by atoms with Crippen molar-refractivity contribution in [2.24, 2.45) is 0 Å². The number of allylic oxidation sites excluding steroid dienone is 2. The molecule has 8 nitrogen and oxygen atoms in total. The molecule has 1 heterocycles. The second kappa shape index (κ2) is 10.2. The number of carbonyl (C=O) groups excluding carboxylic acids is 3. The van der Waals surface area contributed by atoms with Crippen LogP contribution in [0.3, 0.4) is 0 Å². The normalized spacial score (nSPS) is 22.6. The van der Waals surface area contributed by atoms with E-state index in [9.17, 15) is 23.9 Å². The van der Waals surface area contributed by atoms with E-state index in [-0.39, 0.29) is 43.5 Å². The maximum absolute atomic E-state index is 13.5. The molecule has 2 atom stereocenters. The first kappa shape index (κ1) is 23.9. The Morgan fingerprint density at radius 2 is 2.06 bits per heavy atom. The number of aliphatic hydroxyl groups excluding tert-OH is 1. The van der Waals surface area contributed by atoms with Crippen LogP contribution in [0, 0.1) is 5.82 Å². The number of carbonyl (C=O) groups is 3. The summed E-state index contributed by atoms with van der Waals surface area (Å²) in [5.41, 5.74) is -1.38. The van der Waals surface area contributed by atoms with E-state index in [1.54, 1.807) is 18.2 Å². The van der Waals surface area contributed by atoms with E-state index in [4.69, 9.17) is 16.7 Å². The first-order valence-corrected chi connectivity index (χ1v) is 10.7. The lowest BCUT2D eigenvalue weighted by atomic mass is 9.97. The Hall–Kier alpha value is -2.75. The Kier molecular flexibility index (Phi) is 7.65. The molecule has 0 saturated carbocycles. The van der Waals surface area contributed by atoms with E-state index in [1.807, 2.05) is 0 Å². The van der Waals surface area contributed by atoms with Crippen LogP contribution in [0.5, 0.6) is 0 Å². The van der Waals surface area contributed by atoms with Crippen LogP contribution in [-0.4, -0.2) is 64.2 Å². The third-order valence-electron chi connectivity index (χ3n) is 5.45. The van der Waals surface area contributed by atoms with Crippen molar-refractivity contribution < 1.29 is 29.0 Å². The molecule has 3 rings (SSSR count). The minimum Gasteiger partial charge on any atom is -0.396 e. The molecule has 0 radical (unpaired) electrons. The van der Waals surface area contributed by atoms with E-state index in [0.717, 1.165) is 6.07 Å². The summed E-state index contributed by atoms with van der Waals surface area (Å²) >= 11 is 5.80. The molecule has 0 spiro atoms. The number of rotatable bonds is 8. The Morgan fingerprint density at radius 1 is 1.28 bits per heavy atom. The summed E-state index contributed by atoms with van der Waals surface area (Å²) in [5.74, 6) is -2.47. The largest absolute Gasteiger partial charge is 0.396 e. The summed E-state index contributed by atoms with van der Waals surface area (Å²) in [6.07, 6.45) is 5.62. The number of aliphatic hydroxyl groups is 2. The summed E-state index contributed by atoms with van der Waals surface area (Å²) in [5, 5.41) is 25.0. The molecule has 4 N–H and O–H groups in total. The molecule has 1 aliphatic heterocycles. The van der Waals surface area contributed by atoms with Gasteiger partial charge in [-0.1, -0.05) is 29.8 Å². The summed E-state index contributed by atoms with van der Waals surface area (Å²) in [7, 11) is 0. The first-order chi connectivity index (χ1) is 15.2. The molecule has 1 saturated heterocycles. The van der Waals surface area contributed by atoms with Gasteiger partial charge in [0.1, 0.15) is 5.82 Å². The van der Waals surface area contributed by atoms with Crippen molar-refractivity contribution in [3.05, 3.63) is 58.4 Å². The Morgan fingerprint density at radius 3 is 2.78 bits per heavy atom. The average Bonchev–Trinajstić information content (AvgIpc) is 3.07. The Labute approximate surface area is 189 Å². The summed E-state index contributed by atoms with van der Waals surface area (Å²) < 4.78 is 13.5. The highest BCUT2D eigenvalue weighted by atomic mass is 35.5. The molecule has 172 valence electrons. The van der Waals surface area contributed by atoms with E-state index in [2.05, 4.69) is 10.6 Å². The quantitative estimate of drug-likeness (QED) is 0.335. The van der Waals surface area contributed by atoms with Gasteiger partial charge < -0.3 is 25.7 Å². The van der Waals surface area contributed by atoms with Crippen molar-refractivity contribution in [1.29, 1.82) is 0 Å². The van der Waals surface area contributed by atoms with Crippen molar-refractivity contribution in [1.82, 2.24) is 15.5 Å². The lowest BCUT2D eigenvalue weighted by molar-refractivity contribution is -0.155. The highest BCUT2D eigenvalue weighted by molar-refractivity contribution is 6.30. The average molecular weight is 466 g/mol. The van der Waals surface area contributed by atoms with Gasteiger partial charge >= 0.3 is 0 Å². The zero-order valence-corrected chi connectivity index (χ0v) is 18.1. The van der Waals surface area contributed by atoms with Gasteiger partial charge in [-0.05, 0) is 30.2 Å². The number of halogens is 2. The molecule has 0 aromatic heterocycles. The lowest BCUT2D eigenvalue weighted by Gasteiger charge is -2.29. The predicted octanol–water partition coefficient (Wildman–Crippen LogP) is 0.812. The van der Waals surface area contributed by atoms with Gasteiger partial charge in [0, 0.05) is 49.7 Å². The fourth-order valence-electron chi connectivity index (χ4n) is 3.74. The van der Waals surface area contributed by atoms with Crippen LogP contribution in [0.1, 0.15) is 24.8 Å². The fourth-order valence-corrected chi connectivity index (χ4v) is 3.98. The second-order valence-corrected chi connectivity index (χ2v) is 8.19. The standard InChI is InChI=1S/C22H25ClFN3O5/c23-16-9-14(10-17(24)12-16)13-26-20(30)22(32)5-7-27(21(22)31)18-4-1-3-15(11-18)19(29)25-6-2-8-28/h1,3-4,9-10,12,18,28,32H,2,5-8,11,13H2,(H,25,29)(H,26,30). The molecule has 10 heteroatoms. The highest BCUT2D eigenvalue weighted by Gasteiger charge is 2.52. The monoisotopic (exact) mass is 465 g/mol. The van der Waals surface area contributed by atoms with Crippen molar-refractivity contribution in [3.8, 4) is 0 Å². The number of likely N-dealkylation sites (tertiary alicyclic amines) is 1. The van der Waals surface area contributed by atoms with Gasteiger partial charge in [-0.25, -0.2) is 4.39 Å². The zero-order valence-electron chi connectivity index (χ0n) is 17.3. The number of hydrogen-bond donors (Lipinski definition) is 4. The van der Waals surface area contributed by atoms with Crippen LogP contribution < -0.4 is 10.6 Å². The molecule has 1 fully saturated rings. The first-order valence-electron chi connectivity index (χ1n) is 10.3. The lowest BCUT2D eigenvalue weighted by Crippen LogP contribution is -2.53. The van der Waals surface area contributed by atoms with Crippen molar-refractivity contribution in [3.63, 3.8) is 0 Å². The van der Waals surface area contributed by atoms with Gasteiger partial charge in [-0.2, -0.15) is 0 Å². The van der Waals surface area contributed by atoms with Crippen LogP contribution in [0.25, 0.3) is 0 Å². The van der Waals surface area contributed by atoms with Gasteiger partial charge in [-0.3, -0.25) is 14.4 Å². The van der Waals surface area contributed by atoms with Gasteiger partial charge in [-0.15, -0.1) is 0 Å². The van der Waals surface area contributed by atoms with Crippen LogP contribution in [0.2, 0.25) is 5.02 Å². The minimum absolute atomic E-state index is 0.0307. The molecule has 1 aliphatic carbocycles. The molecular formula is C22H25ClFN3O5. The fraction of sp³-hybridized carbons (Fsp3) is 0.409.